The Labute approximate surface area is 173 Å². The number of carbonyl (C=O) groups excluding carboxylic acids is 1. The normalized spacial score (nSPS) is 10.8. The van der Waals surface area contributed by atoms with Crippen molar-refractivity contribution in [2.24, 2.45) is 0 Å². The highest BCUT2D eigenvalue weighted by Gasteiger charge is 2.22. The van der Waals surface area contributed by atoms with Gasteiger partial charge in [0.2, 0.25) is 0 Å². The van der Waals surface area contributed by atoms with E-state index in [0.717, 1.165) is 12.1 Å². The number of nitriles is 1. The van der Waals surface area contributed by atoms with Crippen molar-refractivity contribution >= 4 is 29.1 Å². The fourth-order valence-electron chi connectivity index (χ4n) is 2.75. The number of rotatable bonds is 5. The fraction of sp³-hybridized carbons (Fsp3) is 0.105. The summed E-state index contributed by atoms with van der Waals surface area (Å²) in [7, 11) is 0. The topological polar surface area (TPSA) is 81.6 Å². The maximum atomic E-state index is 15.2. The number of aromatic nitrogens is 2. The second-order valence-corrected chi connectivity index (χ2v) is 6.69. The molecule has 1 heterocycles. The second kappa shape index (κ2) is 8.55. The number of nitrogens with one attached hydrogen (secondary N) is 2. The molecule has 2 N–H and O–H groups in total. The van der Waals surface area contributed by atoms with Gasteiger partial charge in [0, 0.05) is 28.3 Å². The quantitative estimate of drug-likeness (QED) is 0.569. The van der Waals surface area contributed by atoms with Crippen molar-refractivity contribution in [3.63, 3.8) is 0 Å². The third kappa shape index (κ3) is 4.36. The van der Waals surface area contributed by atoms with Crippen LogP contribution in [0.15, 0.2) is 36.7 Å². The number of benzene rings is 2. The van der Waals surface area contributed by atoms with E-state index >= 15 is 4.39 Å². The van der Waals surface area contributed by atoms with Gasteiger partial charge in [0.1, 0.15) is 11.5 Å². The molecule has 0 fully saturated rings. The number of aromatic amines is 1. The number of halogens is 5. The molecule has 3 rings (SSSR count). The van der Waals surface area contributed by atoms with Gasteiger partial charge in [-0.05, 0) is 23.8 Å². The summed E-state index contributed by atoms with van der Waals surface area (Å²) in [6.45, 7) is -0.289. The molecule has 1 aromatic heterocycles. The summed E-state index contributed by atoms with van der Waals surface area (Å²) >= 11 is 11.7. The molecule has 0 aliphatic carbocycles. The molecule has 0 spiro atoms. The summed E-state index contributed by atoms with van der Waals surface area (Å²) in [5.74, 6) is -1.59. The zero-order chi connectivity index (χ0) is 21.1. The highest BCUT2D eigenvalue weighted by atomic mass is 35.5. The number of nitrogens with zero attached hydrogens (tertiary/aromatic N) is 2. The van der Waals surface area contributed by atoms with Gasteiger partial charge in [-0.2, -0.15) is 5.26 Å². The van der Waals surface area contributed by atoms with Crippen LogP contribution in [0.1, 0.15) is 33.6 Å². The first-order valence-corrected chi connectivity index (χ1v) is 8.85. The van der Waals surface area contributed by atoms with Crippen LogP contribution < -0.4 is 5.32 Å². The Morgan fingerprint density at radius 3 is 2.66 bits per heavy atom. The molecule has 0 saturated carbocycles. The van der Waals surface area contributed by atoms with Crippen LogP contribution in [-0.4, -0.2) is 15.9 Å². The molecule has 1 amide bonds. The maximum Gasteiger partial charge on any atom is 0.271 e. The lowest BCUT2D eigenvalue weighted by molar-refractivity contribution is 0.0946. The zero-order valence-electron chi connectivity index (χ0n) is 14.4. The van der Waals surface area contributed by atoms with Crippen LogP contribution in [0.25, 0.3) is 11.1 Å². The lowest BCUT2D eigenvalue weighted by Gasteiger charge is -2.15. The van der Waals surface area contributed by atoms with Crippen molar-refractivity contribution in [2.75, 3.05) is 0 Å². The van der Waals surface area contributed by atoms with Crippen molar-refractivity contribution in [3.8, 4) is 17.2 Å². The standard InChI is InChI=1S/C19H11Cl2F3N4O/c20-12-4-9(6-25)3-11(5-12)14-13(18(23)24)2-1-10(15(14)22)7-26-19(29)16-17(21)28-8-27-16/h1-5,8,18H,7H2,(H,26,29)(H,27,28). The van der Waals surface area contributed by atoms with E-state index in [4.69, 9.17) is 28.5 Å². The molecule has 2 aromatic carbocycles. The Balaban J connectivity index is 2.00. The summed E-state index contributed by atoms with van der Waals surface area (Å²) in [5, 5.41) is 11.6. The van der Waals surface area contributed by atoms with Gasteiger partial charge in [0.05, 0.1) is 18.0 Å². The number of alkyl halides is 2. The third-order valence-corrected chi connectivity index (χ3v) is 4.57. The second-order valence-electron chi connectivity index (χ2n) is 5.90. The number of hydrogen-bond acceptors (Lipinski definition) is 3. The molecule has 0 aliphatic heterocycles. The summed E-state index contributed by atoms with van der Waals surface area (Å²) in [6.07, 6.45) is -1.74. The third-order valence-electron chi connectivity index (χ3n) is 4.06. The molecule has 0 unspecified atom stereocenters. The van der Waals surface area contributed by atoms with Gasteiger partial charge in [-0.1, -0.05) is 35.3 Å². The number of amides is 1. The highest BCUT2D eigenvalue weighted by molar-refractivity contribution is 6.32. The first-order valence-electron chi connectivity index (χ1n) is 8.09. The molecule has 0 atom stereocenters. The van der Waals surface area contributed by atoms with Crippen LogP contribution in [0.3, 0.4) is 0 Å². The monoisotopic (exact) mass is 438 g/mol. The van der Waals surface area contributed by atoms with Gasteiger partial charge in [0.25, 0.3) is 12.3 Å². The predicted molar refractivity (Wildman–Crippen MR) is 101 cm³/mol. The van der Waals surface area contributed by atoms with E-state index in [1.54, 1.807) is 0 Å². The molecule has 0 saturated heterocycles. The Hall–Kier alpha value is -3.02. The highest BCUT2D eigenvalue weighted by Crippen LogP contribution is 2.36. The van der Waals surface area contributed by atoms with E-state index in [0.29, 0.717) is 0 Å². The van der Waals surface area contributed by atoms with Crippen LogP contribution in [0.5, 0.6) is 0 Å². The molecule has 5 nitrogen and oxygen atoms in total. The Kier molecular flexibility index (Phi) is 6.11. The van der Waals surface area contributed by atoms with Gasteiger partial charge >= 0.3 is 0 Å². The summed E-state index contributed by atoms with van der Waals surface area (Å²) < 4.78 is 42.1. The Morgan fingerprint density at radius 2 is 2.03 bits per heavy atom. The Morgan fingerprint density at radius 1 is 1.28 bits per heavy atom. The number of imidazole rings is 1. The lowest BCUT2D eigenvalue weighted by Crippen LogP contribution is -2.24. The summed E-state index contributed by atoms with van der Waals surface area (Å²) in [4.78, 5) is 18.3. The minimum Gasteiger partial charge on any atom is -0.346 e. The average Bonchev–Trinajstić information content (AvgIpc) is 3.11. The summed E-state index contributed by atoms with van der Waals surface area (Å²) in [6, 6.07) is 7.97. The maximum absolute atomic E-state index is 15.2. The largest absolute Gasteiger partial charge is 0.346 e. The van der Waals surface area contributed by atoms with Crippen molar-refractivity contribution in [1.29, 1.82) is 5.26 Å². The van der Waals surface area contributed by atoms with Crippen LogP contribution in [-0.2, 0) is 6.54 Å². The molecule has 10 heteroatoms. The van der Waals surface area contributed by atoms with Gasteiger partial charge < -0.3 is 10.3 Å². The van der Waals surface area contributed by atoms with Crippen molar-refractivity contribution in [2.45, 2.75) is 13.0 Å². The SMILES string of the molecule is N#Cc1cc(Cl)cc(-c2c(C(F)F)ccc(CNC(=O)c3[nH]cnc3Cl)c2F)c1. The molecule has 0 aliphatic rings. The van der Waals surface area contributed by atoms with Gasteiger partial charge in [-0.25, -0.2) is 18.2 Å². The first-order chi connectivity index (χ1) is 13.8. The first kappa shape index (κ1) is 20.7. The van der Waals surface area contributed by atoms with E-state index < -0.39 is 23.7 Å². The van der Waals surface area contributed by atoms with Crippen LogP contribution >= 0.6 is 23.2 Å². The molecule has 148 valence electrons. The van der Waals surface area contributed by atoms with E-state index in [9.17, 15) is 13.6 Å². The van der Waals surface area contributed by atoms with E-state index in [1.807, 2.05) is 6.07 Å². The molecule has 0 radical (unpaired) electrons. The number of hydrogen-bond donors (Lipinski definition) is 2. The minimum absolute atomic E-state index is 0.00926. The van der Waals surface area contributed by atoms with E-state index in [1.165, 1.54) is 24.5 Å². The van der Waals surface area contributed by atoms with Gasteiger partial charge in [-0.3, -0.25) is 4.79 Å². The minimum atomic E-state index is -2.96. The molecular formula is C19H11Cl2F3N4O. The van der Waals surface area contributed by atoms with Gasteiger partial charge in [0.15, 0.2) is 5.15 Å². The lowest BCUT2D eigenvalue weighted by atomic mass is 9.95. The predicted octanol–water partition coefficient (Wildman–Crippen LogP) is 5.26. The van der Waals surface area contributed by atoms with Crippen molar-refractivity contribution in [3.05, 3.63) is 75.0 Å². The van der Waals surface area contributed by atoms with Crippen molar-refractivity contribution in [1.82, 2.24) is 15.3 Å². The molecular weight excluding hydrogens is 428 g/mol. The fourth-order valence-corrected chi connectivity index (χ4v) is 3.17. The number of H-pyrrole nitrogens is 1. The van der Waals surface area contributed by atoms with Crippen molar-refractivity contribution < 1.29 is 18.0 Å². The number of carbonyl (C=O) groups is 1. The summed E-state index contributed by atoms with van der Waals surface area (Å²) in [5.41, 5.74) is -0.853. The van der Waals surface area contributed by atoms with E-state index in [-0.39, 0.29) is 44.7 Å². The van der Waals surface area contributed by atoms with Gasteiger partial charge in [-0.15, -0.1) is 0 Å². The molecule has 3 aromatic rings. The molecule has 29 heavy (non-hydrogen) atoms. The van der Waals surface area contributed by atoms with E-state index in [2.05, 4.69) is 15.3 Å². The zero-order valence-corrected chi connectivity index (χ0v) is 16.0. The molecule has 0 bridgehead atoms. The Bertz CT molecular complexity index is 1130. The van der Waals surface area contributed by atoms with Crippen LogP contribution in [0.2, 0.25) is 10.2 Å². The van der Waals surface area contributed by atoms with Crippen LogP contribution in [0.4, 0.5) is 13.2 Å². The smallest absolute Gasteiger partial charge is 0.271 e. The van der Waals surface area contributed by atoms with Crippen LogP contribution in [0, 0.1) is 17.1 Å². The average molecular weight is 439 g/mol.